The van der Waals surface area contributed by atoms with E-state index >= 15 is 0 Å². The number of amides is 1. The number of carbonyl (C=O) groups excluding carboxylic acids is 1. The maximum Gasteiger partial charge on any atom is 0.280 e. The molecule has 120 valence electrons. The first kappa shape index (κ1) is 16.5. The summed E-state index contributed by atoms with van der Waals surface area (Å²) >= 11 is 0. The van der Waals surface area contributed by atoms with Crippen molar-refractivity contribution in [3.63, 3.8) is 0 Å². The van der Waals surface area contributed by atoms with E-state index in [0.717, 1.165) is 0 Å². The van der Waals surface area contributed by atoms with Gasteiger partial charge >= 0.3 is 0 Å². The molecule has 0 aromatic heterocycles. The number of hydrogen-bond acceptors (Lipinski definition) is 4. The molecule has 0 saturated heterocycles. The maximum absolute atomic E-state index is 12.8. The fourth-order valence-corrected chi connectivity index (χ4v) is 1.74. The Hall–Kier alpha value is -2.89. The van der Waals surface area contributed by atoms with E-state index in [4.69, 9.17) is 9.47 Å². The van der Waals surface area contributed by atoms with E-state index in [0.29, 0.717) is 17.1 Å². The smallest absolute Gasteiger partial charge is 0.280 e. The van der Waals surface area contributed by atoms with Crippen molar-refractivity contribution in [2.75, 3.05) is 7.11 Å². The Bertz CT molecular complexity index is 686. The molecule has 1 amide bonds. The molecule has 0 fully saturated rings. The largest absolute Gasteiger partial charge is 0.497 e. The first-order valence-corrected chi connectivity index (χ1v) is 6.97. The summed E-state index contributed by atoms with van der Waals surface area (Å²) in [5, 5.41) is 3.82. The molecule has 0 saturated carbocycles. The molecule has 23 heavy (non-hydrogen) atoms. The second kappa shape index (κ2) is 7.93. The maximum atomic E-state index is 12.8. The van der Waals surface area contributed by atoms with E-state index in [1.165, 1.54) is 18.3 Å². The van der Waals surface area contributed by atoms with Crippen LogP contribution in [0.5, 0.6) is 11.5 Å². The molecule has 0 radical (unpaired) electrons. The number of carbonyl (C=O) groups is 1. The Labute approximate surface area is 133 Å². The van der Waals surface area contributed by atoms with Crippen molar-refractivity contribution in [3.8, 4) is 11.5 Å². The van der Waals surface area contributed by atoms with Gasteiger partial charge in [0.2, 0.25) is 0 Å². The summed E-state index contributed by atoms with van der Waals surface area (Å²) in [6, 6.07) is 12.7. The quantitative estimate of drug-likeness (QED) is 0.658. The SMILES string of the molecule is COc1cccc(OC(C)C(=O)N/N=C/c2ccc(F)cc2)c1. The Morgan fingerprint density at radius 2 is 1.91 bits per heavy atom. The lowest BCUT2D eigenvalue weighted by atomic mass is 10.2. The average molecular weight is 316 g/mol. The summed E-state index contributed by atoms with van der Waals surface area (Å²) in [4.78, 5) is 11.9. The van der Waals surface area contributed by atoms with Crippen LogP contribution in [0.3, 0.4) is 0 Å². The first-order chi connectivity index (χ1) is 11.1. The highest BCUT2D eigenvalue weighted by atomic mass is 19.1. The molecule has 0 aliphatic carbocycles. The molecular formula is C17H17FN2O3. The lowest BCUT2D eigenvalue weighted by Crippen LogP contribution is -2.33. The Morgan fingerprint density at radius 3 is 2.61 bits per heavy atom. The molecule has 0 aliphatic heterocycles. The number of hydrogen-bond donors (Lipinski definition) is 1. The molecule has 5 nitrogen and oxygen atoms in total. The lowest BCUT2D eigenvalue weighted by Gasteiger charge is -2.13. The number of nitrogens with zero attached hydrogens (tertiary/aromatic N) is 1. The van der Waals surface area contributed by atoms with Gasteiger partial charge in [-0.3, -0.25) is 4.79 Å². The van der Waals surface area contributed by atoms with Crippen molar-refractivity contribution >= 4 is 12.1 Å². The average Bonchev–Trinajstić information content (AvgIpc) is 2.56. The number of rotatable bonds is 6. The van der Waals surface area contributed by atoms with Gasteiger partial charge in [0.05, 0.1) is 13.3 Å². The molecule has 0 heterocycles. The summed E-state index contributed by atoms with van der Waals surface area (Å²) in [5.41, 5.74) is 3.05. The number of nitrogens with one attached hydrogen (secondary N) is 1. The van der Waals surface area contributed by atoms with Crippen molar-refractivity contribution in [1.29, 1.82) is 0 Å². The van der Waals surface area contributed by atoms with Gasteiger partial charge in [-0.25, -0.2) is 9.82 Å². The van der Waals surface area contributed by atoms with Crippen LogP contribution in [0.1, 0.15) is 12.5 Å². The topological polar surface area (TPSA) is 59.9 Å². The number of methoxy groups -OCH3 is 1. The molecule has 6 heteroatoms. The number of hydrazone groups is 1. The highest BCUT2D eigenvalue weighted by Crippen LogP contribution is 2.19. The predicted octanol–water partition coefficient (Wildman–Crippen LogP) is 2.75. The second-order valence-electron chi connectivity index (χ2n) is 4.72. The van der Waals surface area contributed by atoms with Gasteiger partial charge in [-0.2, -0.15) is 5.10 Å². The molecule has 0 bridgehead atoms. The van der Waals surface area contributed by atoms with Crippen LogP contribution in [0, 0.1) is 5.82 Å². The molecule has 1 atom stereocenters. The standard InChI is InChI=1S/C17H17FN2O3/c1-12(23-16-5-3-4-15(10-16)22-2)17(21)20-19-11-13-6-8-14(18)9-7-13/h3-12H,1-2H3,(H,20,21)/b19-11+. The van der Waals surface area contributed by atoms with Gasteiger partial charge < -0.3 is 9.47 Å². The number of benzene rings is 2. The van der Waals surface area contributed by atoms with Crippen molar-refractivity contribution < 1.29 is 18.7 Å². The van der Waals surface area contributed by atoms with E-state index in [9.17, 15) is 9.18 Å². The lowest BCUT2D eigenvalue weighted by molar-refractivity contribution is -0.127. The third-order valence-electron chi connectivity index (χ3n) is 2.98. The monoisotopic (exact) mass is 316 g/mol. The van der Waals surface area contributed by atoms with Gasteiger partial charge in [0.1, 0.15) is 17.3 Å². The summed E-state index contributed by atoms with van der Waals surface area (Å²) in [6.07, 6.45) is 0.697. The third kappa shape index (κ3) is 5.10. The highest BCUT2D eigenvalue weighted by molar-refractivity contribution is 5.84. The van der Waals surface area contributed by atoms with Crippen molar-refractivity contribution in [3.05, 3.63) is 59.9 Å². The van der Waals surface area contributed by atoms with Crippen LogP contribution in [-0.4, -0.2) is 25.3 Å². The Morgan fingerprint density at radius 1 is 1.22 bits per heavy atom. The van der Waals surface area contributed by atoms with Gasteiger partial charge in [0, 0.05) is 6.07 Å². The summed E-state index contributed by atoms with van der Waals surface area (Å²) < 4.78 is 23.4. The van der Waals surface area contributed by atoms with Crippen LogP contribution < -0.4 is 14.9 Å². The molecule has 0 spiro atoms. The molecule has 0 aliphatic rings. The van der Waals surface area contributed by atoms with Gasteiger partial charge in [0.25, 0.3) is 5.91 Å². The fraction of sp³-hybridized carbons (Fsp3) is 0.176. The second-order valence-corrected chi connectivity index (χ2v) is 4.72. The molecule has 2 aromatic carbocycles. The summed E-state index contributed by atoms with van der Waals surface area (Å²) in [7, 11) is 1.55. The predicted molar refractivity (Wildman–Crippen MR) is 85.2 cm³/mol. The zero-order chi connectivity index (χ0) is 16.7. The van der Waals surface area contributed by atoms with Crippen LogP contribution in [0.4, 0.5) is 4.39 Å². The fourth-order valence-electron chi connectivity index (χ4n) is 1.74. The zero-order valence-electron chi connectivity index (χ0n) is 12.8. The van der Waals surface area contributed by atoms with Gasteiger partial charge in [0.15, 0.2) is 6.10 Å². The third-order valence-corrected chi connectivity index (χ3v) is 2.98. The van der Waals surface area contributed by atoms with Gasteiger partial charge in [-0.1, -0.05) is 18.2 Å². The molecule has 2 aromatic rings. The minimum Gasteiger partial charge on any atom is -0.497 e. The van der Waals surface area contributed by atoms with Crippen LogP contribution in [0.15, 0.2) is 53.6 Å². The van der Waals surface area contributed by atoms with E-state index < -0.39 is 12.0 Å². The van der Waals surface area contributed by atoms with Gasteiger partial charge in [-0.05, 0) is 36.8 Å². The van der Waals surface area contributed by atoms with Gasteiger partial charge in [-0.15, -0.1) is 0 Å². The normalized spacial score (nSPS) is 12.0. The number of halogens is 1. The first-order valence-electron chi connectivity index (χ1n) is 6.97. The molecule has 1 unspecified atom stereocenters. The summed E-state index contributed by atoms with van der Waals surface area (Å²) in [6.45, 7) is 1.61. The minimum atomic E-state index is -0.729. The Kier molecular flexibility index (Phi) is 5.68. The van der Waals surface area contributed by atoms with E-state index in [-0.39, 0.29) is 5.82 Å². The van der Waals surface area contributed by atoms with Crippen LogP contribution >= 0.6 is 0 Å². The van der Waals surface area contributed by atoms with E-state index in [2.05, 4.69) is 10.5 Å². The minimum absolute atomic E-state index is 0.327. The van der Waals surface area contributed by atoms with E-state index in [1.807, 2.05) is 0 Å². The summed E-state index contributed by atoms with van der Waals surface area (Å²) in [5.74, 6) is 0.441. The van der Waals surface area contributed by atoms with Crippen molar-refractivity contribution in [2.45, 2.75) is 13.0 Å². The number of ether oxygens (including phenoxy) is 2. The zero-order valence-corrected chi connectivity index (χ0v) is 12.8. The Balaban J connectivity index is 1.88. The van der Waals surface area contributed by atoms with Crippen molar-refractivity contribution in [2.24, 2.45) is 5.10 Å². The van der Waals surface area contributed by atoms with Crippen molar-refractivity contribution in [1.82, 2.24) is 5.43 Å². The molecule has 1 N–H and O–H groups in total. The molecule has 2 rings (SSSR count). The van der Waals surface area contributed by atoms with Crippen LogP contribution in [0.2, 0.25) is 0 Å². The molecular weight excluding hydrogens is 299 g/mol. The van der Waals surface area contributed by atoms with E-state index in [1.54, 1.807) is 50.4 Å². The van der Waals surface area contributed by atoms with Crippen LogP contribution in [-0.2, 0) is 4.79 Å². The highest BCUT2D eigenvalue weighted by Gasteiger charge is 2.14. The van der Waals surface area contributed by atoms with Crippen LogP contribution in [0.25, 0.3) is 0 Å².